The maximum atomic E-state index is 13.6. The highest BCUT2D eigenvalue weighted by molar-refractivity contribution is 9.10. The summed E-state index contributed by atoms with van der Waals surface area (Å²) < 4.78 is 14.4. The molecular weight excluding hydrogens is 283 g/mol. The maximum absolute atomic E-state index is 13.6. The van der Waals surface area contributed by atoms with Gasteiger partial charge in [-0.15, -0.1) is 0 Å². The van der Waals surface area contributed by atoms with E-state index in [0.29, 0.717) is 17.9 Å². The molecule has 0 aromatic heterocycles. The van der Waals surface area contributed by atoms with Gasteiger partial charge in [0.15, 0.2) is 0 Å². The predicted molar refractivity (Wildman–Crippen MR) is 70.3 cm³/mol. The summed E-state index contributed by atoms with van der Waals surface area (Å²) >= 11 is 3.31. The zero-order valence-corrected chi connectivity index (χ0v) is 11.4. The van der Waals surface area contributed by atoms with Crippen molar-refractivity contribution in [2.75, 3.05) is 0 Å². The number of halogens is 2. The topological polar surface area (TPSA) is 20.2 Å². The highest BCUT2D eigenvalue weighted by atomic mass is 79.9. The molecule has 1 saturated carbocycles. The van der Waals surface area contributed by atoms with Gasteiger partial charge < -0.3 is 5.11 Å². The predicted octanol–water partition coefficient (Wildman–Crippen LogP) is 4.59. The first-order valence-electron chi connectivity index (χ1n) is 6.30. The van der Waals surface area contributed by atoms with Gasteiger partial charge in [-0.3, -0.25) is 0 Å². The fraction of sp³-hybridized carbons (Fsp3) is 0.571. The third-order valence-corrected chi connectivity index (χ3v) is 4.09. The average Bonchev–Trinajstić information content (AvgIpc) is 2.33. The molecule has 1 fully saturated rings. The lowest BCUT2D eigenvalue weighted by molar-refractivity contribution is 0.127. The highest BCUT2D eigenvalue weighted by Crippen LogP contribution is 2.33. The van der Waals surface area contributed by atoms with Crippen LogP contribution in [0.25, 0.3) is 0 Å². The van der Waals surface area contributed by atoms with Crippen LogP contribution in [0.3, 0.4) is 0 Å². The van der Waals surface area contributed by atoms with Crippen LogP contribution in [0.15, 0.2) is 22.7 Å². The molecule has 3 heteroatoms. The van der Waals surface area contributed by atoms with Crippen LogP contribution < -0.4 is 0 Å². The van der Waals surface area contributed by atoms with Crippen molar-refractivity contribution in [1.82, 2.24) is 0 Å². The molecule has 1 aliphatic carbocycles. The minimum absolute atomic E-state index is 0.309. The van der Waals surface area contributed by atoms with Crippen molar-refractivity contribution < 1.29 is 9.50 Å². The summed E-state index contributed by atoms with van der Waals surface area (Å²) in [6.45, 7) is 0. The molecule has 1 nitrogen and oxygen atoms in total. The van der Waals surface area contributed by atoms with Crippen LogP contribution in [0.2, 0.25) is 0 Å². The van der Waals surface area contributed by atoms with Crippen LogP contribution in [-0.2, 0) is 0 Å². The molecule has 1 aliphatic rings. The molecule has 0 spiro atoms. The molecule has 0 radical (unpaired) electrons. The monoisotopic (exact) mass is 300 g/mol. The Hall–Kier alpha value is -0.410. The van der Waals surface area contributed by atoms with E-state index in [4.69, 9.17) is 0 Å². The van der Waals surface area contributed by atoms with Gasteiger partial charge in [0.05, 0.1) is 6.10 Å². The van der Waals surface area contributed by atoms with Crippen LogP contribution in [0, 0.1) is 11.7 Å². The lowest BCUT2D eigenvalue weighted by Crippen LogP contribution is -2.12. The van der Waals surface area contributed by atoms with E-state index in [0.717, 1.165) is 4.47 Å². The number of aliphatic hydroxyl groups is 1. The van der Waals surface area contributed by atoms with Gasteiger partial charge in [-0.1, -0.05) is 48.0 Å². The van der Waals surface area contributed by atoms with Crippen molar-refractivity contribution in [2.24, 2.45) is 5.92 Å². The van der Waals surface area contributed by atoms with E-state index < -0.39 is 6.10 Å². The number of hydrogen-bond acceptors (Lipinski definition) is 1. The molecule has 1 atom stereocenters. The molecule has 2 rings (SSSR count). The maximum Gasteiger partial charge on any atom is 0.129 e. The molecular formula is C14H18BrFO. The number of rotatable bonds is 3. The lowest BCUT2D eigenvalue weighted by Gasteiger charge is -2.24. The standard InChI is InChI=1S/C14H18BrFO/c15-11-6-7-13(16)12(9-11)14(17)8-10-4-2-1-3-5-10/h6-7,9-10,14,17H,1-5,8H2. The normalized spacial score (nSPS) is 19.2. The SMILES string of the molecule is OC(CC1CCCCC1)c1cc(Br)ccc1F. The Morgan fingerprint density at radius 1 is 1.29 bits per heavy atom. The van der Waals surface area contributed by atoms with Gasteiger partial charge in [0.1, 0.15) is 5.82 Å². The van der Waals surface area contributed by atoms with Crippen LogP contribution in [-0.4, -0.2) is 5.11 Å². The molecule has 1 N–H and O–H groups in total. The number of hydrogen-bond donors (Lipinski definition) is 1. The van der Waals surface area contributed by atoms with E-state index in [1.54, 1.807) is 12.1 Å². The summed E-state index contributed by atoms with van der Waals surface area (Å²) in [5.41, 5.74) is 0.421. The molecule has 0 saturated heterocycles. The molecule has 1 aromatic carbocycles. The summed E-state index contributed by atoms with van der Waals surface area (Å²) in [5, 5.41) is 10.1. The third kappa shape index (κ3) is 3.52. The van der Waals surface area contributed by atoms with E-state index in [2.05, 4.69) is 15.9 Å². The van der Waals surface area contributed by atoms with Crippen LogP contribution in [0.4, 0.5) is 4.39 Å². The van der Waals surface area contributed by atoms with Gasteiger partial charge in [0.2, 0.25) is 0 Å². The smallest absolute Gasteiger partial charge is 0.129 e. The van der Waals surface area contributed by atoms with Crippen LogP contribution in [0.5, 0.6) is 0 Å². The van der Waals surface area contributed by atoms with E-state index in [-0.39, 0.29) is 5.82 Å². The van der Waals surface area contributed by atoms with Gasteiger partial charge in [-0.05, 0) is 30.5 Å². The van der Waals surface area contributed by atoms with E-state index in [9.17, 15) is 9.50 Å². The minimum atomic E-state index is -0.671. The Labute approximate surface area is 110 Å². The third-order valence-electron chi connectivity index (χ3n) is 3.60. The molecule has 17 heavy (non-hydrogen) atoms. The Kier molecular flexibility index (Phi) is 4.57. The van der Waals surface area contributed by atoms with Gasteiger partial charge in [-0.2, -0.15) is 0 Å². The second-order valence-electron chi connectivity index (χ2n) is 4.92. The molecule has 94 valence electrons. The summed E-state index contributed by atoms with van der Waals surface area (Å²) in [7, 11) is 0. The number of benzene rings is 1. The van der Waals surface area contributed by atoms with Crippen molar-refractivity contribution >= 4 is 15.9 Å². The number of aliphatic hydroxyl groups excluding tert-OH is 1. The first-order valence-corrected chi connectivity index (χ1v) is 7.09. The van der Waals surface area contributed by atoms with Crippen LogP contribution in [0.1, 0.15) is 50.2 Å². The van der Waals surface area contributed by atoms with E-state index >= 15 is 0 Å². The molecule has 0 bridgehead atoms. The largest absolute Gasteiger partial charge is 0.388 e. The van der Waals surface area contributed by atoms with Crippen LogP contribution >= 0.6 is 15.9 Å². The summed E-state index contributed by atoms with van der Waals surface area (Å²) in [6, 6.07) is 4.75. The lowest BCUT2D eigenvalue weighted by atomic mass is 9.84. The Bertz CT molecular complexity index is 374. The molecule has 1 unspecified atom stereocenters. The van der Waals surface area contributed by atoms with Gasteiger partial charge >= 0.3 is 0 Å². The first-order chi connectivity index (χ1) is 8.16. The summed E-state index contributed by atoms with van der Waals surface area (Å²) in [4.78, 5) is 0. The second-order valence-corrected chi connectivity index (χ2v) is 5.84. The molecule has 0 heterocycles. The van der Waals surface area contributed by atoms with E-state index in [1.807, 2.05) is 0 Å². The van der Waals surface area contributed by atoms with E-state index in [1.165, 1.54) is 38.2 Å². The fourth-order valence-corrected chi connectivity index (χ4v) is 3.01. The summed E-state index contributed by atoms with van der Waals surface area (Å²) in [6.07, 6.45) is 6.16. The summed E-state index contributed by atoms with van der Waals surface area (Å²) in [5.74, 6) is 0.244. The Balaban J connectivity index is 2.02. The highest BCUT2D eigenvalue weighted by Gasteiger charge is 2.20. The van der Waals surface area contributed by atoms with Gasteiger partial charge in [0, 0.05) is 10.0 Å². The molecule has 0 amide bonds. The molecule has 0 aliphatic heterocycles. The molecule has 1 aromatic rings. The Morgan fingerprint density at radius 3 is 2.71 bits per heavy atom. The average molecular weight is 301 g/mol. The zero-order valence-electron chi connectivity index (χ0n) is 9.83. The van der Waals surface area contributed by atoms with Crippen molar-refractivity contribution in [3.8, 4) is 0 Å². The Morgan fingerprint density at radius 2 is 2.00 bits per heavy atom. The van der Waals surface area contributed by atoms with Crippen molar-refractivity contribution in [2.45, 2.75) is 44.6 Å². The fourth-order valence-electron chi connectivity index (χ4n) is 2.64. The zero-order chi connectivity index (χ0) is 12.3. The van der Waals surface area contributed by atoms with Gasteiger partial charge in [0.25, 0.3) is 0 Å². The first kappa shape index (κ1) is 13.0. The quantitative estimate of drug-likeness (QED) is 0.865. The minimum Gasteiger partial charge on any atom is -0.388 e. The van der Waals surface area contributed by atoms with Crippen molar-refractivity contribution in [3.05, 3.63) is 34.1 Å². The second kappa shape index (κ2) is 5.96. The van der Waals surface area contributed by atoms with Crippen molar-refractivity contribution in [3.63, 3.8) is 0 Å². The van der Waals surface area contributed by atoms with Crippen molar-refractivity contribution in [1.29, 1.82) is 0 Å². The van der Waals surface area contributed by atoms with Gasteiger partial charge in [-0.25, -0.2) is 4.39 Å².